The van der Waals surface area contributed by atoms with Gasteiger partial charge in [-0.05, 0) is 30.2 Å². The van der Waals surface area contributed by atoms with Crippen molar-refractivity contribution in [2.75, 3.05) is 6.61 Å². The lowest BCUT2D eigenvalue weighted by Crippen LogP contribution is -2.19. The first kappa shape index (κ1) is 12.7. The molecular weight excluding hydrogens is 221 g/mol. The average molecular weight is 234 g/mol. The van der Waals surface area contributed by atoms with Crippen LogP contribution in [0.4, 0.5) is 13.2 Å². The van der Waals surface area contributed by atoms with Gasteiger partial charge in [-0.1, -0.05) is 13.3 Å². The van der Waals surface area contributed by atoms with Crippen molar-refractivity contribution in [3.05, 3.63) is 23.8 Å². The van der Waals surface area contributed by atoms with Crippen molar-refractivity contribution >= 4 is 0 Å². The molecule has 0 saturated heterocycles. The molecule has 0 bridgehead atoms. The minimum absolute atomic E-state index is 0.0845. The van der Waals surface area contributed by atoms with Crippen LogP contribution in [0.15, 0.2) is 18.2 Å². The zero-order valence-electron chi connectivity index (χ0n) is 8.84. The maximum atomic E-state index is 11.9. The Morgan fingerprint density at radius 2 is 2.00 bits per heavy atom. The minimum atomic E-state index is -4.34. The highest BCUT2D eigenvalue weighted by molar-refractivity contribution is 5.39. The summed E-state index contributed by atoms with van der Waals surface area (Å²) in [5, 5.41) is 9.42. The van der Waals surface area contributed by atoms with Crippen LogP contribution in [-0.2, 0) is 6.42 Å². The first-order chi connectivity index (χ1) is 7.42. The standard InChI is InChI=1S/C11H13F3O2/c1-2-3-8-6-9(4-5-10(8)15)16-7-11(12,13)14/h4-6,15H,2-3,7H2,1H3. The number of ether oxygens (including phenoxy) is 1. The van der Waals surface area contributed by atoms with Crippen LogP contribution < -0.4 is 4.74 Å². The van der Waals surface area contributed by atoms with Gasteiger partial charge >= 0.3 is 6.18 Å². The van der Waals surface area contributed by atoms with Crippen LogP contribution in [-0.4, -0.2) is 17.9 Å². The number of alkyl halides is 3. The van der Waals surface area contributed by atoms with Gasteiger partial charge in [0, 0.05) is 0 Å². The second kappa shape index (κ2) is 5.09. The van der Waals surface area contributed by atoms with Gasteiger partial charge in [0.2, 0.25) is 0 Å². The summed E-state index contributed by atoms with van der Waals surface area (Å²) in [6.07, 6.45) is -2.94. The van der Waals surface area contributed by atoms with Crippen molar-refractivity contribution in [2.45, 2.75) is 25.9 Å². The molecular formula is C11H13F3O2. The minimum Gasteiger partial charge on any atom is -0.508 e. The lowest BCUT2D eigenvalue weighted by molar-refractivity contribution is -0.153. The summed E-state index contributed by atoms with van der Waals surface area (Å²) >= 11 is 0. The fraction of sp³-hybridized carbons (Fsp3) is 0.455. The molecule has 0 atom stereocenters. The summed E-state index contributed by atoms with van der Waals surface area (Å²) in [5.41, 5.74) is 0.599. The van der Waals surface area contributed by atoms with Crippen molar-refractivity contribution < 1.29 is 23.0 Å². The number of benzene rings is 1. The van der Waals surface area contributed by atoms with Crippen molar-refractivity contribution in [1.82, 2.24) is 0 Å². The molecule has 1 aromatic carbocycles. The third kappa shape index (κ3) is 4.00. The predicted octanol–water partition coefficient (Wildman–Crippen LogP) is 3.29. The number of phenols is 1. The Morgan fingerprint density at radius 3 is 2.56 bits per heavy atom. The molecule has 0 heterocycles. The maximum absolute atomic E-state index is 11.9. The van der Waals surface area contributed by atoms with Gasteiger partial charge in [-0.15, -0.1) is 0 Å². The molecule has 2 nitrogen and oxygen atoms in total. The Bertz CT molecular complexity index is 348. The molecule has 0 spiro atoms. The molecule has 0 fully saturated rings. The van der Waals surface area contributed by atoms with E-state index in [9.17, 15) is 18.3 Å². The molecule has 5 heteroatoms. The molecule has 0 aromatic heterocycles. The molecule has 1 N–H and O–H groups in total. The van der Waals surface area contributed by atoms with Gasteiger partial charge in [-0.25, -0.2) is 0 Å². The van der Waals surface area contributed by atoms with Gasteiger partial charge in [-0.3, -0.25) is 0 Å². The van der Waals surface area contributed by atoms with Gasteiger partial charge in [0.05, 0.1) is 0 Å². The normalized spacial score (nSPS) is 11.5. The Hall–Kier alpha value is -1.39. The van der Waals surface area contributed by atoms with E-state index in [2.05, 4.69) is 4.74 Å². The summed E-state index contributed by atoms with van der Waals surface area (Å²) in [6.45, 7) is 0.603. The molecule has 0 amide bonds. The van der Waals surface area contributed by atoms with Crippen molar-refractivity contribution in [1.29, 1.82) is 0 Å². The van der Waals surface area contributed by atoms with Gasteiger partial charge in [0.25, 0.3) is 0 Å². The Balaban J connectivity index is 2.71. The van der Waals surface area contributed by atoms with E-state index in [1.165, 1.54) is 18.2 Å². The van der Waals surface area contributed by atoms with E-state index in [4.69, 9.17) is 0 Å². The lowest BCUT2D eigenvalue weighted by atomic mass is 10.1. The maximum Gasteiger partial charge on any atom is 0.422 e. The lowest BCUT2D eigenvalue weighted by Gasteiger charge is -2.11. The van der Waals surface area contributed by atoms with E-state index in [1.807, 2.05) is 6.92 Å². The molecule has 0 radical (unpaired) electrons. The Kier molecular flexibility index (Phi) is 4.04. The van der Waals surface area contributed by atoms with Crippen LogP contribution in [0.25, 0.3) is 0 Å². The number of halogens is 3. The van der Waals surface area contributed by atoms with E-state index in [1.54, 1.807) is 0 Å². The molecule has 0 unspecified atom stereocenters. The fourth-order valence-electron chi connectivity index (χ4n) is 1.29. The van der Waals surface area contributed by atoms with Crippen LogP contribution in [0.1, 0.15) is 18.9 Å². The van der Waals surface area contributed by atoms with Crippen LogP contribution >= 0.6 is 0 Å². The monoisotopic (exact) mass is 234 g/mol. The fourth-order valence-corrected chi connectivity index (χ4v) is 1.29. The number of aromatic hydroxyl groups is 1. The molecule has 16 heavy (non-hydrogen) atoms. The van der Waals surface area contributed by atoms with Gasteiger partial charge in [0.15, 0.2) is 6.61 Å². The third-order valence-corrected chi connectivity index (χ3v) is 1.97. The quantitative estimate of drug-likeness (QED) is 0.866. The van der Waals surface area contributed by atoms with Crippen LogP contribution in [0.2, 0.25) is 0 Å². The Labute approximate surface area is 91.7 Å². The van der Waals surface area contributed by atoms with Crippen molar-refractivity contribution in [3.8, 4) is 11.5 Å². The third-order valence-electron chi connectivity index (χ3n) is 1.97. The van der Waals surface area contributed by atoms with E-state index < -0.39 is 12.8 Å². The molecule has 0 aliphatic carbocycles. The zero-order chi connectivity index (χ0) is 12.2. The smallest absolute Gasteiger partial charge is 0.422 e. The first-order valence-electron chi connectivity index (χ1n) is 4.94. The molecule has 90 valence electrons. The van der Waals surface area contributed by atoms with Crippen LogP contribution in [0.5, 0.6) is 11.5 Å². The second-order valence-electron chi connectivity index (χ2n) is 3.44. The van der Waals surface area contributed by atoms with E-state index in [0.29, 0.717) is 12.0 Å². The van der Waals surface area contributed by atoms with Crippen molar-refractivity contribution in [3.63, 3.8) is 0 Å². The predicted molar refractivity (Wildman–Crippen MR) is 53.7 cm³/mol. The summed E-state index contributed by atoms with van der Waals surface area (Å²) < 4.78 is 40.3. The number of hydrogen-bond acceptors (Lipinski definition) is 2. The highest BCUT2D eigenvalue weighted by Crippen LogP contribution is 2.25. The van der Waals surface area contributed by atoms with E-state index >= 15 is 0 Å². The summed E-state index contributed by atoms with van der Waals surface area (Å²) in [6, 6.07) is 4.10. The zero-order valence-corrected chi connectivity index (χ0v) is 8.84. The van der Waals surface area contributed by atoms with E-state index in [-0.39, 0.29) is 11.5 Å². The highest BCUT2D eigenvalue weighted by Gasteiger charge is 2.28. The SMILES string of the molecule is CCCc1cc(OCC(F)(F)F)ccc1O. The molecule has 0 aliphatic rings. The first-order valence-corrected chi connectivity index (χ1v) is 4.94. The Morgan fingerprint density at radius 1 is 1.31 bits per heavy atom. The largest absolute Gasteiger partial charge is 0.508 e. The number of hydrogen-bond donors (Lipinski definition) is 1. The molecule has 0 saturated carbocycles. The van der Waals surface area contributed by atoms with E-state index in [0.717, 1.165) is 6.42 Å². The number of aryl methyl sites for hydroxylation is 1. The molecule has 0 aliphatic heterocycles. The number of phenolic OH excluding ortho intramolecular Hbond substituents is 1. The highest BCUT2D eigenvalue weighted by atomic mass is 19.4. The summed E-state index contributed by atoms with van der Waals surface area (Å²) in [4.78, 5) is 0. The van der Waals surface area contributed by atoms with Crippen molar-refractivity contribution in [2.24, 2.45) is 0 Å². The van der Waals surface area contributed by atoms with Gasteiger partial charge in [-0.2, -0.15) is 13.2 Å². The van der Waals surface area contributed by atoms with Gasteiger partial charge < -0.3 is 9.84 Å². The number of rotatable bonds is 4. The summed E-state index contributed by atoms with van der Waals surface area (Å²) in [7, 11) is 0. The topological polar surface area (TPSA) is 29.5 Å². The second-order valence-corrected chi connectivity index (χ2v) is 3.44. The molecule has 1 rings (SSSR count). The van der Waals surface area contributed by atoms with Gasteiger partial charge in [0.1, 0.15) is 11.5 Å². The summed E-state index contributed by atoms with van der Waals surface area (Å²) in [5.74, 6) is 0.208. The molecule has 1 aromatic rings. The van der Waals surface area contributed by atoms with Crippen LogP contribution in [0.3, 0.4) is 0 Å². The average Bonchev–Trinajstić information content (AvgIpc) is 2.18. The van der Waals surface area contributed by atoms with Crippen LogP contribution in [0, 0.1) is 0 Å².